The Labute approximate surface area is 263 Å². The van der Waals surface area contributed by atoms with E-state index in [1.165, 1.54) is 36.4 Å². The first-order chi connectivity index (χ1) is 21.4. The summed E-state index contributed by atoms with van der Waals surface area (Å²) in [4.78, 5) is 10.6. The zero-order chi connectivity index (χ0) is 32.6. The Balaban J connectivity index is 1.71. The van der Waals surface area contributed by atoms with Crippen molar-refractivity contribution in [2.45, 2.75) is 50.9 Å². The summed E-state index contributed by atoms with van der Waals surface area (Å²) >= 11 is 0. The monoisotopic (exact) mass is 627 g/mol. The first-order valence-electron chi connectivity index (χ1n) is 14.7. The largest absolute Gasteiger partial charge is 0.505 e. The van der Waals surface area contributed by atoms with Gasteiger partial charge in [0.05, 0.1) is 23.7 Å². The predicted octanol–water partition coefficient (Wildman–Crippen LogP) is 6.64. The molecule has 0 amide bonds. The summed E-state index contributed by atoms with van der Waals surface area (Å²) in [5.74, 6) is -1.32. The van der Waals surface area contributed by atoms with Crippen molar-refractivity contribution in [3.63, 3.8) is 0 Å². The van der Waals surface area contributed by atoms with E-state index in [1.54, 1.807) is 6.08 Å². The third kappa shape index (κ3) is 8.02. The third-order valence-corrected chi connectivity index (χ3v) is 12.8. The molecule has 0 aromatic heterocycles. The standard InChI is InChI=1S/C36H38FNO6Si/c1-36(2,3)45(30-12-6-4-7-13-30,31-14-8-5-9-15-31)44-25-26(23-35(41)27-17-20-29(21-18-27)38(42)43)11-10-16-33(39)28-19-22-34(40)32(37)24-28/h4-10,12-15,17-22,24,33,35,39-41H,16,23,25H2,1-3H3/t11?,33-,35-/m1/s1. The molecule has 0 saturated carbocycles. The molecule has 0 radical (unpaired) electrons. The van der Waals surface area contributed by atoms with E-state index in [4.69, 9.17) is 4.43 Å². The van der Waals surface area contributed by atoms with Crippen LogP contribution in [0.25, 0.3) is 0 Å². The van der Waals surface area contributed by atoms with Crippen LogP contribution in [0.2, 0.25) is 5.04 Å². The minimum absolute atomic E-state index is 0.0729. The van der Waals surface area contributed by atoms with Crippen LogP contribution in [-0.2, 0) is 4.43 Å². The van der Waals surface area contributed by atoms with Crippen molar-refractivity contribution >= 4 is 24.4 Å². The molecule has 0 unspecified atom stereocenters. The van der Waals surface area contributed by atoms with Crippen LogP contribution in [-0.4, -0.2) is 35.2 Å². The Morgan fingerprint density at radius 1 is 0.911 bits per heavy atom. The molecule has 234 valence electrons. The van der Waals surface area contributed by atoms with Crippen molar-refractivity contribution < 1.29 is 29.1 Å². The zero-order valence-electron chi connectivity index (χ0n) is 25.6. The normalized spacial score (nSPS) is 13.0. The Morgan fingerprint density at radius 3 is 1.98 bits per heavy atom. The van der Waals surface area contributed by atoms with Gasteiger partial charge in [-0.15, -0.1) is 5.73 Å². The number of hydrogen-bond donors (Lipinski definition) is 3. The summed E-state index contributed by atoms with van der Waals surface area (Å²) in [6.07, 6.45) is -0.203. The van der Waals surface area contributed by atoms with E-state index in [1.807, 2.05) is 36.4 Å². The topological polar surface area (TPSA) is 113 Å². The van der Waals surface area contributed by atoms with Gasteiger partial charge in [-0.05, 0) is 62.5 Å². The maximum atomic E-state index is 13.9. The van der Waals surface area contributed by atoms with Gasteiger partial charge in [-0.1, -0.05) is 87.5 Å². The number of non-ortho nitro benzene ring substituents is 1. The van der Waals surface area contributed by atoms with E-state index in [0.717, 1.165) is 16.4 Å². The summed E-state index contributed by atoms with van der Waals surface area (Å²) in [7, 11) is -2.93. The molecule has 0 heterocycles. The summed E-state index contributed by atoms with van der Waals surface area (Å²) < 4.78 is 20.9. The highest BCUT2D eigenvalue weighted by Gasteiger charge is 2.50. The lowest BCUT2D eigenvalue weighted by Gasteiger charge is -2.43. The number of phenolic OH excluding ortho intramolecular Hbond substituents is 1. The van der Waals surface area contributed by atoms with Crippen LogP contribution < -0.4 is 10.4 Å². The highest BCUT2D eigenvalue weighted by atomic mass is 28.4. The lowest BCUT2D eigenvalue weighted by atomic mass is 10.0. The molecule has 45 heavy (non-hydrogen) atoms. The molecule has 0 fully saturated rings. The van der Waals surface area contributed by atoms with Gasteiger partial charge >= 0.3 is 0 Å². The number of aromatic hydroxyl groups is 1. The van der Waals surface area contributed by atoms with Crippen LogP contribution in [0.1, 0.15) is 56.9 Å². The SMILES string of the molecule is CC(C)(C)[Si](OCC(=C=CC[C@@H](O)c1ccc(O)c(F)c1)C[C@@H](O)c1ccc([N+](=O)[O-])cc1)(c1ccccc1)c1ccccc1. The molecular formula is C36H38FNO6Si. The predicted molar refractivity (Wildman–Crippen MR) is 175 cm³/mol. The van der Waals surface area contributed by atoms with Crippen molar-refractivity contribution in [3.05, 3.63) is 148 Å². The fraction of sp³-hybridized carbons (Fsp3) is 0.250. The van der Waals surface area contributed by atoms with Gasteiger partial charge in [-0.2, -0.15) is 0 Å². The van der Waals surface area contributed by atoms with E-state index in [-0.39, 0.29) is 30.2 Å². The second kappa shape index (κ2) is 14.6. The van der Waals surface area contributed by atoms with Crippen LogP contribution in [0.5, 0.6) is 5.75 Å². The Hall–Kier alpha value is -4.37. The van der Waals surface area contributed by atoms with Crippen LogP contribution in [0.15, 0.2) is 121 Å². The number of aliphatic hydroxyl groups excluding tert-OH is 2. The highest BCUT2D eigenvalue weighted by Crippen LogP contribution is 2.37. The average molecular weight is 628 g/mol. The Morgan fingerprint density at radius 2 is 1.47 bits per heavy atom. The van der Waals surface area contributed by atoms with Crippen LogP contribution in [0, 0.1) is 15.9 Å². The maximum absolute atomic E-state index is 13.9. The van der Waals surface area contributed by atoms with Crippen LogP contribution in [0.3, 0.4) is 0 Å². The second-order valence-corrected chi connectivity index (χ2v) is 16.2. The first-order valence-corrected chi connectivity index (χ1v) is 16.6. The molecule has 0 bridgehead atoms. The molecule has 4 rings (SSSR count). The minimum Gasteiger partial charge on any atom is -0.505 e. The van der Waals surface area contributed by atoms with Gasteiger partial charge in [0.15, 0.2) is 11.6 Å². The van der Waals surface area contributed by atoms with E-state index in [9.17, 15) is 29.8 Å². The number of hydrogen-bond acceptors (Lipinski definition) is 6. The lowest BCUT2D eigenvalue weighted by Crippen LogP contribution is -2.66. The molecule has 4 aromatic carbocycles. The van der Waals surface area contributed by atoms with Crippen molar-refractivity contribution in [1.29, 1.82) is 0 Å². The first kappa shape index (κ1) is 33.5. The molecule has 0 aliphatic carbocycles. The Kier molecular flexibility index (Phi) is 10.9. The Bertz CT molecular complexity index is 1610. The molecule has 0 spiro atoms. The van der Waals surface area contributed by atoms with Gasteiger partial charge in [0.1, 0.15) is 0 Å². The lowest BCUT2D eigenvalue weighted by molar-refractivity contribution is -0.384. The fourth-order valence-electron chi connectivity index (χ4n) is 5.47. The van der Waals surface area contributed by atoms with Gasteiger partial charge in [-0.25, -0.2) is 4.39 Å². The van der Waals surface area contributed by atoms with Crippen molar-refractivity contribution in [3.8, 4) is 5.75 Å². The number of benzene rings is 4. The van der Waals surface area contributed by atoms with Crippen molar-refractivity contribution in [1.82, 2.24) is 0 Å². The summed E-state index contributed by atoms with van der Waals surface area (Å²) in [6, 6.07) is 29.7. The number of nitrogens with zero attached hydrogens (tertiary/aromatic N) is 1. The van der Waals surface area contributed by atoms with Crippen molar-refractivity contribution in [2.75, 3.05) is 6.61 Å². The molecule has 3 N–H and O–H groups in total. The summed E-state index contributed by atoms with van der Waals surface area (Å²) in [6.45, 7) is 6.61. The molecule has 9 heteroatoms. The van der Waals surface area contributed by atoms with Gasteiger partial charge in [0.2, 0.25) is 0 Å². The molecule has 0 saturated heterocycles. The second-order valence-electron chi connectivity index (χ2n) is 11.9. The van der Waals surface area contributed by atoms with Crippen molar-refractivity contribution in [2.24, 2.45) is 0 Å². The number of rotatable bonds is 12. The van der Waals surface area contributed by atoms with Gasteiger partial charge in [0, 0.05) is 25.0 Å². The summed E-state index contributed by atoms with van der Waals surface area (Å²) in [5.41, 5.74) is 4.58. The number of nitro benzene ring substituents is 1. The maximum Gasteiger partial charge on any atom is 0.269 e. The zero-order valence-corrected chi connectivity index (χ0v) is 26.6. The van der Waals surface area contributed by atoms with Gasteiger partial charge < -0.3 is 19.7 Å². The third-order valence-electron chi connectivity index (χ3n) is 7.81. The van der Waals surface area contributed by atoms with E-state index in [2.05, 4.69) is 50.8 Å². The average Bonchev–Trinajstić information content (AvgIpc) is 3.02. The fourth-order valence-corrected chi connectivity index (χ4v) is 10.0. The minimum atomic E-state index is -2.93. The highest BCUT2D eigenvalue weighted by molar-refractivity contribution is 6.99. The van der Waals surface area contributed by atoms with Crippen LogP contribution >= 0.6 is 0 Å². The van der Waals surface area contributed by atoms with Gasteiger partial charge in [0.25, 0.3) is 14.0 Å². The molecule has 7 nitrogen and oxygen atoms in total. The van der Waals surface area contributed by atoms with Gasteiger partial charge in [-0.3, -0.25) is 10.1 Å². The van der Waals surface area contributed by atoms with E-state index in [0.29, 0.717) is 16.7 Å². The van der Waals surface area contributed by atoms with Crippen LogP contribution in [0.4, 0.5) is 10.1 Å². The number of nitro groups is 1. The molecule has 2 atom stereocenters. The van der Waals surface area contributed by atoms with E-state index >= 15 is 0 Å². The number of halogens is 1. The number of phenols is 1. The molecule has 0 aliphatic heterocycles. The molecule has 0 aliphatic rings. The summed E-state index contributed by atoms with van der Waals surface area (Å²) in [5, 5.41) is 44.4. The van der Waals surface area contributed by atoms with E-state index < -0.39 is 37.0 Å². The smallest absolute Gasteiger partial charge is 0.269 e. The number of aliphatic hydroxyl groups is 2. The molecule has 4 aromatic rings. The quantitative estimate of drug-likeness (QED) is 0.0702. The molecular weight excluding hydrogens is 589 g/mol.